The van der Waals surface area contributed by atoms with Crippen LogP contribution in [0.15, 0.2) is 47.6 Å². The Morgan fingerprint density at radius 3 is 2.90 bits per heavy atom. The number of carbonyl (C=O) groups is 1. The minimum Gasteiger partial charge on any atom is -0.489 e. The summed E-state index contributed by atoms with van der Waals surface area (Å²) in [5, 5.41) is 5.49. The number of ether oxygens (including phenoxy) is 1. The lowest BCUT2D eigenvalue weighted by Gasteiger charge is -2.08. The summed E-state index contributed by atoms with van der Waals surface area (Å²) < 4.78 is 5.79. The predicted octanol–water partition coefficient (Wildman–Crippen LogP) is 4.94. The van der Waals surface area contributed by atoms with Crippen molar-refractivity contribution in [1.82, 2.24) is 10.4 Å². The number of nitrogens with one attached hydrogen (secondary N) is 1. The van der Waals surface area contributed by atoms with Crippen LogP contribution in [0.2, 0.25) is 10.0 Å². The summed E-state index contributed by atoms with van der Waals surface area (Å²) in [7, 11) is 0. The van der Waals surface area contributed by atoms with Crippen molar-refractivity contribution in [3.8, 4) is 5.75 Å². The maximum Gasteiger partial charge on any atom is 0.283 e. The van der Waals surface area contributed by atoms with Crippen LogP contribution < -0.4 is 15.9 Å². The summed E-state index contributed by atoms with van der Waals surface area (Å²) in [6.07, 6.45) is 2.16. The van der Waals surface area contributed by atoms with Crippen molar-refractivity contribution in [3.63, 3.8) is 0 Å². The summed E-state index contributed by atoms with van der Waals surface area (Å²) in [4.78, 5) is 16.9. The Labute approximate surface area is 182 Å². The van der Waals surface area contributed by atoms with E-state index in [1.54, 1.807) is 12.1 Å². The van der Waals surface area contributed by atoms with E-state index in [1.807, 2.05) is 37.3 Å². The molecular formula is C20H18Cl2N4O2S. The Morgan fingerprint density at radius 2 is 2.14 bits per heavy atom. The summed E-state index contributed by atoms with van der Waals surface area (Å²) in [6, 6.07) is 12.6. The van der Waals surface area contributed by atoms with E-state index < -0.39 is 0 Å². The molecule has 0 spiro atoms. The lowest BCUT2D eigenvalue weighted by Crippen LogP contribution is -2.17. The Hall–Kier alpha value is -2.61. The molecular weight excluding hydrogens is 431 g/mol. The van der Waals surface area contributed by atoms with Gasteiger partial charge in [0.15, 0.2) is 5.13 Å². The number of hydrogen-bond acceptors (Lipinski definition) is 6. The van der Waals surface area contributed by atoms with Gasteiger partial charge in [-0.25, -0.2) is 10.4 Å². The number of anilines is 1. The van der Waals surface area contributed by atoms with Gasteiger partial charge in [-0.05, 0) is 36.2 Å². The Bertz CT molecular complexity index is 1050. The highest BCUT2D eigenvalue weighted by Crippen LogP contribution is 2.23. The van der Waals surface area contributed by atoms with Crippen LogP contribution >= 0.6 is 34.5 Å². The van der Waals surface area contributed by atoms with Crippen LogP contribution in [0.3, 0.4) is 0 Å². The number of nitrogens with zero attached hydrogens (tertiary/aromatic N) is 2. The molecule has 1 amide bonds. The highest BCUT2D eigenvalue weighted by molar-refractivity contribution is 7.17. The fraction of sp³-hybridized carbons (Fsp3) is 0.150. The molecule has 0 radical (unpaired) electrons. The molecule has 1 heterocycles. The summed E-state index contributed by atoms with van der Waals surface area (Å²) >= 11 is 13.2. The first-order chi connectivity index (χ1) is 14.0. The fourth-order valence-corrected chi connectivity index (χ4v) is 3.76. The zero-order chi connectivity index (χ0) is 20.8. The van der Waals surface area contributed by atoms with Gasteiger partial charge in [-0.1, -0.05) is 59.7 Å². The Morgan fingerprint density at radius 1 is 1.31 bits per heavy atom. The molecule has 9 heteroatoms. The molecule has 1 aromatic heterocycles. The van der Waals surface area contributed by atoms with Crippen molar-refractivity contribution in [2.45, 2.75) is 20.0 Å². The topological polar surface area (TPSA) is 89.6 Å². The molecule has 0 unspecified atom stereocenters. The number of halogens is 2. The van der Waals surface area contributed by atoms with Crippen molar-refractivity contribution in [1.29, 1.82) is 0 Å². The first-order valence-electron chi connectivity index (χ1n) is 8.71. The number of nitrogens with two attached hydrogens (primary N) is 1. The predicted molar refractivity (Wildman–Crippen MR) is 118 cm³/mol. The van der Waals surface area contributed by atoms with Crippen LogP contribution in [0.4, 0.5) is 5.13 Å². The van der Waals surface area contributed by atoms with Crippen LogP contribution in [-0.2, 0) is 13.0 Å². The van der Waals surface area contributed by atoms with E-state index in [1.165, 1.54) is 6.21 Å². The molecule has 150 valence electrons. The van der Waals surface area contributed by atoms with E-state index in [0.717, 1.165) is 22.5 Å². The van der Waals surface area contributed by atoms with Gasteiger partial charge in [0.2, 0.25) is 0 Å². The molecule has 0 saturated heterocycles. The molecule has 6 nitrogen and oxygen atoms in total. The molecule has 0 bridgehead atoms. The number of amides is 1. The van der Waals surface area contributed by atoms with Crippen LogP contribution in [0.5, 0.6) is 5.75 Å². The van der Waals surface area contributed by atoms with Gasteiger partial charge in [0.25, 0.3) is 5.91 Å². The van der Waals surface area contributed by atoms with Crippen molar-refractivity contribution in [2.24, 2.45) is 5.10 Å². The van der Waals surface area contributed by atoms with E-state index in [0.29, 0.717) is 44.5 Å². The first-order valence-corrected chi connectivity index (χ1v) is 10.3. The monoisotopic (exact) mass is 448 g/mol. The normalized spacial score (nSPS) is 11.0. The Balaban J connectivity index is 1.61. The minimum absolute atomic E-state index is 0.305. The second kappa shape index (κ2) is 9.73. The second-order valence-electron chi connectivity index (χ2n) is 5.98. The van der Waals surface area contributed by atoms with E-state index in [2.05, 4.69) is 15.5 Å². The zero-order valence-corrected chi connectivity index (χ0v) is 17.8. The molecule has 29 heavy (non-hydrogen) atoms. The SMILES string of the molecule is CCc1nc(N)sc1C(=O)N/N=C/c1cccc(OCc2ccc(Cl)cc2Cl)c1. The first kappa shape index (κ1) is 21.1. The molecule has 0 saturated carbocycles. The summed E-state index contributed by atoms with van der Waals surface area (Å²) in [5.41, 5.74) is 10.4. The second-order valence-corrected chi connectivity index (χ2v) is 7.85. The third kappa shape index (κ3) is 5.69. The van der Waals surface area contributed by atoms with Gasteiger partial charge < -0.3 is 10.5 Å². The fourth-order valence-electron chi connectivity index (χ4n) is 2.49. The van der Waals surface area contributed by atoms with Crippen LogP contribution in [0, 0.1) is 0 Å². The van der Waals surface area contributed by atoms with Crippen molar-refractivity contribution in [2.75, 3.05) is 5.73 Å². The van der Waals surface area contributed by atoms with Gasteiger partial charge in [-0.3, -0.25) is 4.79 Å². The molecule has 3 aromatic rings. The largest absolute Gasteiger partial charge is 0.489 e. The van der Waals surface area contributed by atoms with Gasteiger partial charge in [0, 0.05) is 15.6 Å². The maximum atomic E-state index is 12.3. The zero-order valence-electron chi connectivity index (χ0n) is 15.5. The lowest BCUT2D eigenvalue weighted by molar-refractivity contribution is 0.0958. The van der Waals surface area contributed by atoms with Gasteiger partial charge in [0.1, 0.15) is 17.2 Å². The number of rotatable bonds is 7. The number of benzene rings is 2. The quantitative estimate of drug-likeness (QED) is 0.395. The van der Waals surface area contributed by atoms with Crippen molar-refractivity contribution in [3.05, 3.63) is 74.2 Å². The maximum absolute atomic E-state index is 12.3. The third-order valence-electron chi connectivity index (χ3n) is 3.90. The highest BCUT2D eigenvalue weighted by Gasteiger charge is 2.15. The number of hydrogen-bond donors (Lipinski definition) is 2. The third-order valence-corrected chi connectivity index (χ3v) is 5.41. The van der Waals surface area contributed by atoms with Crippen molar-refractivity contribution >= 4 is 51.8 Å². The molecule has 3 N–H and O–H groups in total. The Kier molecular flexibility index (Phi) is 7.09. The average Bonchev–Trinajstić information content (AvgIpc) is 3.08. The lowest BCUT2D eigenvalue weighted by atomic mass is 10.2. The molecule has 0 aliphatic heterocycles. The molecule has 0 atom stereocenters. The number of hydrazone groups is 1. The molecule has 3 rings (SSSR count). The van der Waals surface area contributed by atoms with E-state index in [9.17, 15) is 4.79 Å². The average molecular weight is 449 g/mol. The van der Waals surface area contributed by atoms with Crippen LogP contribution in [-0.4, -0.2) is 17.1 Å². The summed E-state index contributed by atoms with van der Waals surface area (Å²) in [6.45, 7) is 2.22. The number of carbonyl (C=O) groups excluding carboxylic acids is 1. The standard InChI is InChI=1S/C20H18Cl2N4O2S/c1-2-17-18(29-20(23)25-17)19(27)26-24-10-12-4-3-5-15(8-12)28-11-13-6-7-14(21)9-16(13)22/h3-10H,2,11H2,1H3,(H2,23,25)(H,26,27)/b24-10+. The summed E-state index contributed by atoms with van der Waals surface area (Å²) in [5.74, 6) is 0.312. The highest BCUT2D eigenvalue weighted by atomic mass is 35.5. The molecule has 0 aliphatic rings. The van der Waals surface area contributed by atoms with Crippen LogP contribution in [0.1, 0.15) is 33.4 Å². The molecule has 0 fully saturated rings. The number of thiazole rings is 1. The van der Waals surface area contributed by atoms with Gasteiger partial charge in [-0.2, -0.15) is 5.10 Å². The number of aromatic nitrogens is 1. The van der Waals surface area contributed by atoms with E-state index in [-0.39, 0.29) is 5.91 Å². The molecule has 0 aliphatic carbocycles. The number of nitrogen functional groups attached to an aromatic ring is 1. The van der Waals surface area contributed by atoms with Crippen molar-refractivity contribution < 1.29 is 9.53 Å². The van der Waals surface area contributed by atoms with Crippen LogP contribution in [0.25, 0.3) is 0 Å². The molecule has 2 aromatic carbocycles. The van der Waals surface area contributed by atoms with Gasteiger partial charge in [-0.15, -0.1) is 0 Å². The van der Waals surface area contributed by atoms with Gasteiger partial charge >= 0.3 is 0 Å². The van der Waals surface area contributed by atoms with E-state index >= 15 is 0 Å². The van der Waals surface area contributed by atoms with E-state index in [4.69, 9.17) is 33.7 Å². The number of aryl methyl sites for hydroxylation is 1. The van der Waals surface area contributed by atoms with Gasteiger partial charge in [0.05, 0.1) is 11.9 Å². The minimum atomic E-state index is -0.336. The smallest absolute Gasteiger partial charge is 0.283 e.